The van der Waals surface area contributed by atoms with Gasteiger partial charge < -0.3 is 10.2 Å². The summed E-state index contributed by atoms with van der Waals surface area (Å²) in [5.41, 5.74) is 2.17. The lowest BCUT2D eigenvalue weighted by atomic mass is 10.1. The Morgan fingerprint density at radius 1 is 1.19 bits per heavy atom. The van der Waals surface area contributed by atoms with Gasteiger partial charge in [-0.15, -0.1) is 10.2 Å². The molecule has 0 spiro atoms. The molecule has 1 aliphatic carbocycles. The molecule has 1 saturated heterocycles. The highest BCUT2D eigenvalue weighted by Gasteiger charge is 2.38. The fraction of sp³-hybridized carbons (Fsp3) is 0.474. The van der Waals surface area contributed by atoms with E-state index in [1.165, 1.54) is 29.7 Å². The van der Waals surface area contributed by atoms with Crippen LogP contribution in [-0.4, -0.2) is 39.5 Å². The van der Waals surface area contributed by atoms with E-state index in [-0.39, 0.29) is 17.7 Å². The monoisotopic (exact) mass is 370 g/mol. The number of anilines is 1. The maximum Gasteiger partial charge on any atom is 0.231 e. The number of aryl methyl sites for hydroxylation is 1. The molecule has 4 rings (SSSR count). The molecule has 26 heavy (non-hydrogen) atoms. The number of carbonyl (C=O) groups excluding carboxylic acids is 2. The molecule has 2 amide bonds. The van der Waals surface area contributed by atoms with Crippen molar-refractivity contribution in [3.05, 3.63) is 29.8 Å². The van der Waals surface area contributed by atoms with Gasteiger partial charge in [-0.1, -0.05) is 54.0 Å². The summed E-state index contributed by atoms with van der Waals surface area (Å²) in [6.07, 6.45) is 4.79. The molecular formula is C19H22N4O2S. The molecule has 136 valence electrons. The lowest BCUT2D eigenvalue weighted by molar-refractivity contribution is -0.129. The molecule has 2 fully saturated rings. The summed E-state index contributed by atoms with van der Waals surface area (Å²) < 4.78 is 0. The van der Waals surface area contributed by atoms with Gasteiger partial charge in [0.2, 0.25) is 16.9 Å². The summed E-state index contributed by atoms with van der Waals surface area (Å²) in [6, 6.07) is 8.37. The molecule has 1 saturated carbocycles. The molecule has 1 aromatic carbocycles. The fourth-order valence-corrected chi connectivity index (χ4v) is 4.52. The first-order chi connectivity index (χ1) is 12.6. The molecule has 2 heterocycles. The van der Waals surface area contributed by atoms with Gasteiger partial charge in [0.1, 0.15) is 5.01 Å². The van der Waals surface area contributed by atoms with E-state index in [1.54, 1.807) is 0 Å². The van der Waals surface area contributed by atoms with Crippen LogP contribution in [-0.2, 0) is 9.59 Å². The highest BCUT2D eigenvalue weighted by Crippen LogP contribution is 2.31. The van der Waals surface area contributed by atoms with Gasteiger partial charge in [0.05, 0.1) is 5.92 Å². The van der Waals surface area contributed by atoms with Crippen LogP contribution >= 0.6 is 11.3 Å². The molecule has 1 aromatic heterocycles. The van der Waals surface area contributed by atoms with Crippen molar-refractivity contribution in [1.82, 2.24) is 15.1 Å². The second-order valence-electron chi connectivity index (χ2n) is 7.15. The predicted molar refractivity (Wildman–Crippen MR) is 101 cm³/mol. The van der Waals surface area contributed by atoms with Gasteiger partial charge in [0.15, 0.2) is 0 Å². The third-order valence-electron chi connectivity index (χ3n) is 5.25. The number of nitrogens with zero attached hydrogens (tertiary/aromatic N) is 3. The number of benzene rings is 1. The van der Waals surface area contributed by atoms with Gasteiger partial charge in [-0.2, -0.15) is 0 Å². The molecule has 0 radical (unpaired) electrons. The minimum Gasteiger partial charge on any atom is -0.339 e. The number of hydrogen-bond acceptors (Lipinski definition) is 5. The van der Waals surface area contributed by atoms with E-state index >= 15 is 0 Å². The van der Waals surface area contributed by atoms with Crippen LogP contribution in [0.1, 0.15) is 37.7 Å². The average molecular weight is 370 g/mol. The highest BCUT2D eigenvalue weighted by molar-refractivity contribution is 7.18. The first-order valence-corrected chi connectivity index (χ1v) is 9.92. The Kier molecular flexibility index (Phi) is 4.72. The third kappa shape index (κ3) is 3.49. The summed E-state index contributed by atoms with van der Waals surface area (Å²) in [7, 11) is 0. The van der Waals surface area contributed by atoms with Crippen LogP contribution in [0.2, 0.25) is 0 Å². The minimum absolute atomic E-state index is 0.106. The summed E-state index contributed by atoms with van der Waals surface area (Å²) in [4.78, 5) is 26.7. The van der Waals surface area contributed by atoms with Gasteiger partial charge in [-0.05, 0) is 19.8 Å². The van der Waals surface area contributed by atoms with Crippen molar-refractivity contribution in [2.24, 2.45) is 5.92 Å². The highest BCUT2D eigenvalue weighted by atomic mass is 32.1. The van der Waals surface area contributed by atoms with E-state index in [0.717, 1.165) is 23.4 Å². The van der Waals surface area contributed by atoms with Crippen LogP contribution < -0.4 is 5.32 Å². The van der Waals surface area contributed by atoms with E-state index in [1.807, 2.05) is 36.1 Å². The second-order valence-corrected chi connectivity index (χ2v) is 8.13. The van der Waals surface area contributed by atoms with Crippen molar-refractivity contribution in [1.29, 1.82) is 0 Å². The lowest BCUT2D eigenvalue weighted by Crippen LogP contribution is -2.35. The summed E-state index contributed by atoms with van der Waals surface area (Å²) in [6.45, 7) is 2.56. The first kappa shape index (κ1) is 17.1. The molecule has 1 N–H and O–H groups in total. The van der Waals surface area contributed by atoms with E-state index in [9.17, 15) is 9.59 Å². The fourth-order valence-electron chi connectivity index (χ4n) is 3.77. The topological polar surface area (TPSA) is 75.2 Å². The SMILES string of the molecule is Cc1ccc(-c2nnc(NC(=O)C3CC(=O)N(C4CCCC4)C3)s2)cc1. The zero-order valence-electron chi connectivity index (χ0n) is 14.8. The number of nitrogens with one attached hydrogen (secondary N) is 1. The standard InChI is InChI=1S/C19H22N4O2S/c1-12-6-8-13(9-7-12)18-21-22-19(26-18)20-17(25)14-10-16(24)23(11-14)15-4-2-3-5-15/h6-9,14-15H,2-5,10-11H2,1H3,(H,20,22,25). The molecule has 0 bridgehead atoms. The Balaban J connectivity index is 1.39. The van der Waals surface area contributed by atoms with Crippen LogP contribution in [0.3, 0.4) is 0 Å². The molecule has 1 unspecified atom stereocenters. The van der Waals surface area contributed by atoms with Gasteiger partial charge >= 0.3 is 0 Å². The largest absolute Gasteiger partial charge is 0.339 e. The molecule has 7 heteroatoms. The van der Waals surface area contributed by atoms with Crippen molar-refractivity contribution in [3.63, 3.8) is 0 Å². The summed E-state index contributed by atoms with van der Waals surface area (Å²) in [5.74, 6) is -0.324. The number of rotatable bonds is 4. The maximum absolute atomic E-state index is 12.6. The van der Waals surface area contributed by atoms with E-state index < -0.39 is 0 Å². The van der Waals surface area contributed by atoms with E-state index in [4.69, 9.17) is 0 Å². The number of carbonyl (C=O) groups is 2. The Hall–Kier alpha value is -2.28. The van der Waals surface area contributed by atoms with Crippen LogP contribution in [0, 0.1) is 12.8 Å². The Morgan fingerprint density at radius 2 is 1.92 bits per heavy atom. The quantitative estimate of drug-likeness (QED) is 0.896. The van der Waals surface area contributed by atoms with Gasteiger partial charge in [-0.3, -0.25) is 9.59 Å². The third-order valence-corrected chi connectivity index (χ3v) is 6.14. The van der Waals surface area contributed by atoms with Gasteiger partial charge in [0.25, 0.3) is 0 Å². The van der Waals surface area contributed by atoms with Gasteiger partial charge in [0, 0.05) is 24.6 Å². The van der Waals surface area contributed by atoms with Crippen molar-refractivity contribution in [3.8, 4) is 10.6 Å². The number of aromatic nitrogens is 2. The Bertz CT molecular complexity index is 811. The van der Waals surface area contributed by atoms with E-state index in [2.05, 4.69) is 15.5 Å². The molecule has 6 nitrogen and oxygen atoms in total. The molecule has 2 aliphatic rings. The smallest absolute Gasteiger partial charge is 0.231 e. The van der Waals surface area contributed by atoms with Crippen molar-refractivity contribution < 1.29 is 9.59 Å². The maximum atomic E-state index is 12.6. The summed E-state index contributed by atoms with van der Waals surface area (Å²) in [5, 5.41) is 12.3. The Labute approximate surface area is 156 Å². The first-order valence-electron chi connectivity index (χ1n) is 9.11. The molecular weight excluding hydrogens is 348 g/mol. The van der Waals surface area contributed by atoms with Crippen molar-refractivity contribution >= 4 is 28.3 Å². The Morgan fingerprint density at radius 3 is 2.65 bits per heavy atom. The molecule has 2 aromatic rings. The van der Waals surface area contributed by atoms with Crippen LogP contribution in [0.5, 0.6) is 0 Å². The van der Waals surface area contributed by atoms with E-state index in [0.29, 0.717) is 24.1 Å². The van der Waals surface area contributed by atoms with Crippen LogP contribution in [0.4, 0.5) is 5.13 Å². The summed E-state index contributed by atoms with van der Waals surface area (Å²) >= 11 is 1.35. The van der Waals surface area contributed by atoms with Crippen LogP contribution in [0.25, 0.3) is 10.6 Å². The second kappa shape index (κ2) is 7.15. The number of likely N-dealkylation sites (tertiary alicyclic amines) is 1. The van der Waals surface area contributed by atoms with Gasteiger partial charge in [-0.25, -0.2) is 0 Å². The lowest BCUT2D eigenvalue weighted by Gasteiger charge is -2.23. The van der Waals surface area contributed by atoms with Crippen molar-refractivity contribution in [2.45, 2.75) is 45.1 Å². The normalized spacial score (nSPS) is 20.7. The zero-order chi connectivity index (χ0) is 18.1. The number of amides is 2. The molecule has 1 aliphatic heterocycles. The minimum atomic E-state index is -0.296. The molecule has 1 atom stereocenters. The van der Waals surface area contributed by atoms with Crippen LogP contribution in [0.15, 0.2) is 24.3 Å². The predicted octanol–water partition coefficient (Wildman–Crippen LogP) is 3.24. The average Bonchev–Trinajstić information content (AvgIpc) is 3.36. The number of hydrogen-bond donors (Lipinski definition) is 1. The van der Waals surface area contributed by atoms with Crippen molar-refractivity contribution in [2.75, 3.05) is 11.9 Å². The zero-order valence-corrected chi connectivity index (χ0v) is 15.6.